The summed E-state index contributed by atoms with van der Waals surface area (Å²) in [6.07, 6.45) is 1.65. The Morgan fingerprint density at radius 3 is 2.77 bits per heavy atom. The Balaban J connectivity index is 0.00000242. The summed E-state index contributed by atoms with van der Waals surface area (Å²) in [5.41, 5.74) is 2.23. The quantitative estimate of drug-likeness (QED) is 0.448. The van der Waals surface area contributed by atoms with Crippen molar-refractivity contribution in [2.75, 3.05) is 14.1 Å². The average molecular weight is 415 g/mol. The summed E-state index contributed by atoms with van der Waals surface area (Å²) < 4.78 is 11.2. The van der Waals surface area contributed by atoms with E-state index >= 15 is 0 Å². The molecule has 0 aliphatic rings. The smallest absolute Gasteiger partial charge is 0.190 e. The fourth-order valence-corrected chi connectivity index (χ4v) is 1.94. The maximum absolute atomic E-state index is 5.87. The molecule has 5 nitrogen and oxygen atoms in total. The predicted molar refractivity (Wildman–Crippen MR) is 98.9 cm³/mol. The maximum atomic E-state index is 5.87. The molecule has 6 heteroatoms. The van der Waals surface area contributed by atoms with Crippen molar-refractivity contribution in [2.45, 2.75) is 20.1 Å². The lowest BCUT2D eigenvalue weighted by atomic mass is 10.1. The van der Waals surface area contributed by atoms with Gasteiger partial charge in [-0.05, 0) is 30.7 Å². The van der Waals surface area contributed by atoms with Gasteiger partial charge in [0.25, 0.3) is 0 Å². The number of hydrogen-bond acceptors (Lipinski definition) is 3. The Bertz CT molecular complexity index is 597. The van der Waals surface area contributed by atoms with E-state index in [0.29, 0.717) is 13.2 Å². The molecule has 0 spiro atoms. The van der Waals surface area contributed by atoms with Crippen LogP contribution in [-0.2, 0) is 13.2 Å². The molecule has 2 rings (SSSR count). The van der Waals surface area contributed by atoms with Gasteiger partial charge in [0.15, 0.2) is 5.96 Å². The Labute approximate surface area is 148 Å². The van der Waals surface area contributed by atoms with E-state index in [9.17, 15) is 0 Å². The number of nitrogens with one attached hydrogen (secondary N) is 2. The van der Waals surface area contributed by atoms with Gasteiger partial charge in [-0.15, -0.1) is 24.0 Å². The van der Waals surface area contributed by atoms with Crippen LogP contribution in [0.2, 0.25) is 0 Å². The fraction of sp³-hybridized carbons (Fsp3) is 0.312. The molecule has 0 fully saturated rings. The lowest BCUT2D eigenvalue weighted by Gasteiger charge is -2.14. The van der Waals surface area contributed by atoms with Crippen LogP contribution in [0.1, 0.15) is 16.9 Å². The van der Waals surface area contributed by atoms with Crippen LogP contribution >= 0.6 is 24.0 Å². The van der Waals surface area contributed by atoms with Gasteiger partial charge in [0.1, 0.15) is 18.1 Å². The van der Waals surface area contributed by atoms with Crippen molar-refractivity contribution in [3.8, 4) is 5.75 Å². The van der Waals surface area contributed by atoms with Gasteiger partial charge < -0.3 is 19.8 Å². The molecule has 1 aromatic carbocycles. The minimum Gasteiger partial charge on any atom is -0.485 e. The summed E-state index contributed by atoms with van der Waals surface area (Å²) in [6.45, 7) is 3.11. The van der Waals surface area contributed by atoms with Crippen LogP contribution < -0.4 is 15.4 Å². The van der Waals surface area contributed by atoms with Crippen molar-refractivity contribution >= 4 is 29.9 Å². The second-order valence-electron chi connectivity index (χ2n) is 4.65. The van der Waals surface area contributed by atoms with Crippen molar-refractivity contribution < 1.29 is 9.15 Å². The zero-order valence-electron chi connectivity index (χ0n) is 13.1. The van der Waals surface area contributed by atoms with Gasteiger partial charge in [-0.25, -0.2) is 0 Å². The first-order valence-corrected chi connectivity index (χ1v) is 6.86. The summed E-state index contributed by atoms with van der Waals surface area (Å²) in [7, 11) is 3.57. The highest BCUT2D eigenvalue weighted by Gasteiger charge is 2.06. The van der Waals surface area contributed by atoms with Crippen LogP contribution in [0.25, 0.3) is 0 Å². The third-order valence-corrected chi connectivity index (χ3v) is 3.08. The topological polar surface area (TPSA) is 58.8 Å². The molecule has 120 valence electrons. The molecular weight excluding hydrogens is 393 g/mol. The number of hydrogen-bond donors (Lipinski definition) is 2. The Morgan fingerprint density at radius 2 is 2.14 bits per heavy atom. The summed E-state index contributed by atoms with van der Waals surface area (Å²) in [5.74, 6) is 2.40. The van der Waals surface area contributed by atoms with E-state index in [-0.39, 0.29) is 24.0 Å². The zero-order valence-corrected chi connectivity index (χ0v) is 15.4. The molecule has 0 bridgehead atoms. The number of rotatable bonds is 5. The Hall–Kier alpha value is -1.70. The molecule has 1 aromatic heterocycles. The first kappa shape index (κ1) is 18.3. The van der Waals surface area contributed by atoms with E-state index in [1.54, 1.807) is 13.3 Å². The SMILES string of the molecule is CN=C(NC)NCc1ccc(C)cc1OCc1ccco1.I. The summed E-state index contributed by atoms with van der Waals surface area (Å²) in [4.78, 5) is 4.09. The van der Waals surface area contributed by atoms with Crippen molar-refractivity contribution in [3.05, 3.63) is 53.5 Å². The van der Waals surface area contributed by atoms with Gasteiger partial charge in [0.05, 0.1) is 6.26 Å². The standard InChI is InChI=1S/C16H21N3O2.HI/c1-12-6-7-13(10-19-16(17-2)18-3)15(9-12)21-11-14-5-4-8-20-14;/h4-9H,10-11H2,1-3H3,(H2,17,18,19);1H. The van der Waals surface area contributed by atoms with Gasteiger partial charge in [0.2, 0.25) is 0 Å². The first-order valence-electron chi connectivity index (χ1n) is 6.86. The fourth-order valence-electron chi connectivity index (χ4n) is 1.94. The van der Waals surface area contributed by atoms with Crippen LogP contribution in [0.4, 0.5) is 0 Å². The molecule has 0 radical (unpaired) electrons. The minimum atomic E-state index is 0. The molecule has 0 atom stereocenters. The highest BCUT2D eigenvalue weighted by atomic mass is 127. The summed E-state index contributed by atoms with van der Waals surface area (Å²) in [5, 5.41) is 6.21. The predicted octanol–water partition coefficient (Wildman–Crippen LogP) is 3.08. The summed E-state index contributed by atoms with van der Waals surface area (Å²) >= 11 is 0. The second kappa shape index (κ2) is 9.34. The molecule has 2 aromatic rings. The number of nitrogens with zero attached hydrogens (tertiary/aromatic N) is 1. The molecule has 0 aliphatic carbocycles. The monoisotopic (exact) mass is 415 g/mol. The van der Waals surface area contributed by atoms with Gasteiger partial charge in [-0.3, -0.25) is 4.99 Å². The highest BCUT2D eigenvalue weighted by Crippen LogP contribution is 2.21. The normalized spacial score (nSPS) is 10.8. The zero-order chi connectivity index (χ0) is 15.1. The molecule has 2 N–H and O–H groups in total. The van der Waals surface area contributed by atoms with Crippen LogP contribution in [0, 0.1) is 6.92 Å². The van der Waals surface area contributed by atoms with E-state index < -0.39 is 0 Å². The van der Waals surface area contributed by atoms with E-state index in [0.717, 1.165) is 28.6 Å². The van der Waals surface area contributed by atoms with Crippen LogP contribution in [0.3, 0.4) is 0 Å². The second-order valence-corrected chi connectivity index (χ2v) is 4.65. The number of ether oxygens (including phenoxy) is 1. The minimum absolute atomic E-state index is 0. The van der Waals surface area contributed by atoms with E-state index in [1.165, 1.54) is 0 Å². The van der Waals surface area contributed by atoms with Gasteiger partial charge in [-0.2, -0.15) is 0 Å². The Kier molecular flexibility index (Phi) is 7.79. The average Bonchev–Trinajstić information content (AvgIpc) is 3.01. The Morgan fingerprint density at radius 1 is 1.32 bits per heavy atom. The molecule has 0 saturated heterocycles. The number of halogens is 1. The number of benzene rings is 1. The molecule has 0 amide bonds. The number of aryl methyl sites for hydroxylation is 1. The highest BCUT2D eigenvalue weighted by molar-refractivity contribution is 14.0. The van der Waals surface area contributed by atoms with Gasteiger partial charge >= 0.3 is 0 Å². The van der Waals surface area contributed by atoms with Gasteiger partial charge in [-0.1, -0.05) is 12.1 Å². The molecule has 22 heavy (non-hydrogen) atoms. The summed E-state index contributed by atoms with van der Waals surface area (Å²) in [6, 6.07) is 9.91. The molecule has 0 aliphatic heterocycles. The third kappa shape index (κ3) is 5.25. The van der Waals surface area contributed by atoms with Crippen molar-refractivity contribution in [1.82, 2.24) is 10.6 Å². The lowest BCUT2D eigenvalue weighted by molar-refractivity contribution is 0.267. The molecule has 0 saturated carbocycles. The van der Waals surface area contributed by atoms with Crippen molar-refractivity contribution in [2.24, 2.45) is 4.99 Å². The van der Waals surface area contributed by atoms with Crippen molar-refractivity contribution in [3.63, 3.8) is 0 Å². The molecular formula is C16H22IN3O2. The van der Waals surface area contributed by atoms with Crippen molar-refractivity contribution in [1.29, 1.82) is 0 Å². The van der Waals surface area contributed by atoms with Crippen LogP contribution in [0.5, 0.6) is 5.75 Å². The first-order chi connectivity index (χ1) is 10.2. The number of guanidine groups is 1. The number of furan rings is 1. The largest absolute Gasteiger partial charge is 0.485 e. The third-order valence-electron chi connectivity index (χ3n) is 3.08. The molecule has 1 heterocycles. The van der Waals surface area contributed by atoms with Crippen LogP contribution in [0.15, 0.2) is 46.0 Å². The number of aliphatic imine (C=N–C) groups is 1. The van der Waals surface area contributed by atoms with Gasteiger partial charge in [0, 0.05) is 26.2 Å². The molecule has 0 unspecified atom stereocenters. The van der Waals surface area contributed by atoms with E-state index in [4.69, 9.17) is 9.15 Å². The lowest BCUT2D eigenvalue weighted by Crippen LogP contribution is -2.34. The van der Waals surface area contributed by atoms with E-state index in [1.807, 2.05) is 32.2 Å². The van der Waals surface area contributed by atoms with E-state index in [2.05, 4.69) is 27.8 Å². The van der Waals surface area contributed by atoms with Crippen LogP contribution in [-0.4, -0.2) is 20.1 Å². The maximum Gasteiger partial charge on any atom is 0.190 e.